The summed E-state index contributed by atoms with van der Waals surface area (Å²) in [6, 6.07) is 2.99. The van der Waals surface area contributed by atoms with Crippen LogP contribution in [0, 0.1) is 10.8 Å². The van der Waals surface area contributed by atoms with E-state index in [-0.39, 0.29) is 16.9 Å². The van der Waals surface area contributed by atoms with Gasteiger partial charge in [-0.1, -0.05) is 0 Å². The molecule has 2 saturated carbocycles. The number of rotatable bonds is 4. The highest BCUT2D eigenvalue weighted by molar-refractivity contribution is 5.76. The Balaban J connectivity index is 0.839. The average molecular weight is 532 g/mol. The molecule has 38 heavy (non-hydrogen) atoms. The van der Waals surface area contributed by atoms with E-state index in [0.717, 1.165) is 90.1 Å². The number of nitrogens with zero attached hydrogens (tertiary/aromatic N) is 7. The van der Waals surface area contributed by atoms with Crippen LogP contribution in [-0.2, 0) is 18.3 Å². The first kappa shape index (κ1) is 24.3. The summed E-state index contributed by atoms with van der Waals surface area (Å²) in [7, 11) is 0. The predicted molar refractivity (Wildman–Crippen MR) is 129 cm³/mol. The van der Waals surface area contributed by atoms with Gasteiger partial charge in [-0.25, -0.2) is 14.5 Å². The number of likely N-dealkylation sites (tertiary alicyclic amines) is 3. The fourth-order valence-electron chi connectivity index (χ4n) is 6.81. The fraction of sp³-hybridized carbons (Fsp3) is 0.692. The quantitative estimate of drug-likeness (QED) is 0.653. The Labute approximate surface area is 218 Å². The maximum absolute atomic E-state index is 13.0. The third-order valence-corrected chi connectivity index (χ3v) is 9.46. The van der Waals surface area contributed by atoms with E-state index in [4.69, 9.17) is 0 Å². The molecule has 3 aliphatic heterocycles. The highest BCUT2D eigenvalue weighted by atomic mass is 19.4. The molecule has 7 rings (SSSR count). The van der Waals surface area contributed by atoms with Gasteiger partial charge in [0.05, 0.1) is 17.3 Å². The van der Waals surface area contributed by atoms with Crippen LogP contribution < -0.4 is 0 Å². The lowest BCUT2D eigenvalue weighted by Gasteiger charge is -2.61. The van der Waals surface area contributed by atoms with Crippen molar-refractivity contribution >= 4 is 6.03 Å². The van der Waals surface area contributed by atoms with Gasteiger partial charge in [0.25, 0.3) is 0 Å². The molecule has 0 unspecified atom stereocenters. The van der Waals surface area contributed by atoms with Crippen molar-refractivity contribution in [3.8, 4) is 0 Å². The third kappa shape index (κ3) is 4.16. The Morgan fingerprint density at radius 1 is 0.974 bits per heavy atom. The number of hydrogen-bond acceptors (Lipinski definition) is 6. The number of amides is 2. The highest BCUT2D eigenvalue weighted by Crippen LogP contribution is 2.55. The standard InChI is InChI=1S/C26H32F3N7O2/c27-26(28,29)18-1-2-19(30-11-18)12-33-7-5-23(6-8-33)13-34(14-23)22(37)35-15-24(16-35)9-20(10-24)36-17-31-21(32-36)25(38)3-4-25/h1-2,11,17,20,38H,3-10,12-16H2. The van der Waals surface area contributed by atoms with Crippen LogP contribution in [0.5, 0.6) is 0 Å². The lowest BCUT2D eigenvalue weighted by Crippen LogP contribution is -2.70. The molecule has 5 fully saturated rings. The van der Waals surface area contributed by atoms with Gasteiger partial charge in [0.15, 0.2) is 5.82 Å². The summed E-state index contributed by atoms with van der Waals surface area (Å²) < 4.78 is 40.2. The molecule has 0 bridgehead atoms. The molecule has 204 valence electrons. The second kappa shape index (κ2) is 8.14. The molecular weight excluding hydrogens is 499 g/mol. The van der Waals surface area contributed by atoms with Crippen LogP contribution in [0.15, 0.2) is 24.7 Å². The van der Waals surface area contributed by atoms with Gasteiger partial charge in [0, 0.05) is 49.8 Å². The van der Waals surface area contributed by atoms with E-state index in [2.05, 4.69) is 20.0 Å². The van der Waals surface area contributed by atoms with Crippen molar-refractivity contribution in [1.29, 1.82) is 0 Å². The third-order valence-electron chi connectivity index (χ3n) is 9.46. The second-order valence-corrected chi connectivity index (χ2v) is 12.4. The topological polar surface area (TPSA) is 90.6 Å². The van der Waals surface area contributed by atoms with Crippen molar-refractivity contribution in [2.24, 2.45) is 10.8 Å². The van der Waals surface area contributed by atoms with E-state index in [1.165, 1.54) is 6.07 Å². The maximum atomic E-state index is 13.0. The van der Waals surface area contributed by atoms with E-state index < -0.39 is 17.3 Å². The van der Waals surface area contributed by atoms with Gasteiger partial charge in [-0.3, -0.25) is 9.88 Å². The number of carbonyl (C=O) groups excluding carboxylic acids is 1. The Hall–Kier alpha value is -2.73. The van der Waals surface area contributed by atoms with Crippen LogP contribution in [0.1, 0.15) is 61.6 Å². The average Bonchev–Trinajstić information content (AvgIpc) is 3.36. The van der Waals surface area contributed by atoms with Crippen molar-refractivity contribution in [1.82, 2.24) is 34.4 Å². The largest absolute Gasteiger partial charge is 0.417 e. The number of urea groups is 1. The number of carbonyl (C=O) groups is 1. The summed E-state index contributed by atoms with van der Waals surface area (Å²) in [5.74, 6) is 0.540. The Morgan fingerprint density at radius 3 is 2.21 bits per heavy atom. The smallest absolute Gasteiger partial charge is 0.382 e. The van der Waals surface area contributed by atoms with Gasteiger partial charge < -0.3 is 14.9 Å². The van der Waals surface area contributed by atoms with Gasteiger partial charge in [-0.05, 0) is 63.7 Å². The number of aromatic nitrogens is 4. The van der Waals surface area contributed by atoms with E-state index in [1.807, 2.05) is 14.5 Å². The molecule has 2 spiro atoms. The van der Waals surface area contributed by atoms with Crippen LogP contribution in [0.3, 0.4) is 0 Å². The van der Waals surface area contributed by atoms with Crippen molar-refractivity contribution in [2.75, 3.05) is 39.3 Å². The van der Waals surface area contributed by atoms with Gasteiger partial charge in [-0.15, -0.1) is 0 Å². The maximum Gasteiger partial charge on any atom is 0.417 e. The molecule has 5 aliphatic rings. The Kier molecular flexibility index (Phi) is 5.21. The summed E-state index contributed by atoms with van der Waals surface area (Å²) >= 11 is 0. The molecule has 1 N–H and O–H groups in total. The first-order valence-electron chi connectivity index (χ1n) is 13.5. The molecule has 12 heteroatoms. The minimum Gasteiger partial charge on any atom is -0.382 e. The molecule has 9 nitrogen and oxygen atoms in total. The van der Waals surface area contributed by atoms with Gasteiger partial charge in [0.1, 0.15) is 11.9 Å². The normalized spacial score (nSPS) is 25.7. The zero-order valence-electron chi connectivity index (χ0n) is 21.2. The number of halogens is 3. The van der Waals surface area contributed by atoms with Crippen LogP contribution in [-0.4, -0.2) is 84.9 Å². The Morgan fingerprint density at radius 2 is 1.63 bits per heavy atom. The predicted octanol–water partition coefficient (Wildman–Crippen LogP) is 3.03. The van der Waals surface area contributed by atoms with Crippen molar-refractivity contribution in [3.63, 3.8) is 0 Å². The number of pyridine rings is 1. The number of alkyl halides is 3. The minimum atomic E-state index is -4.36. The second-order valence-electron chi connectivity index (χ2n) is 12.4. The van der Waals surface area contributed by atoms with Crippen molar-refractivity contribution in [2.45, 2.75) is 62.9 Å². The lowest BCUT2D eigenvalue weighted by molar-refractivity contribution is -0.137. The fourth-order valence-corrected chi connectivity index (χ4v) is 6.81. The summed E-state index contributed by atoms with van der Waals surface area (Å²) in [6.07, 6.45) is 3.70. The summed E-state index contributed by atoms with van der Waals surface area (Å²) in [5.41, 5.74) is -0.514. The molecule has 2 aromatic rings. The summed E-state index contributed by atoms with van der Waals surface area (Å²) in [4.78, 5) is 27.5. The van der Waals surface area contributed by atoms with Gasteiger partial charge >= 0.3 is 12.2 Å². The monoisotopic (exact) mass is 531 g/mol. The Bertz CT molecular complexity index is 1210. The zero-order valence-corrected chi connectivity index (χ0v) is 21.2. The van der Waals surface area contributed by atoms with Gasteiger partial charge in [0.2, 0.25) is 0 Å². The summed E-state index contributed by atoms with van der Waals surface area (Å²) in [6.45, 7) is 5.44. The summed E-state index contributed by atoms with van der Waals surface area (Å²) in [5, 5.41) is 14.7. The molecule has 0 atom stereocenters. The number of piperidine rings is 1. The van der Waals surface area contributed by atoms with E-state index >= 15 is 0 Å². The number of hydrogen-bond donors (Lipinski definition) is 1. The minimum absolute atomic E-state index is 0.139. The van der Waals surface area contributed by atoms with Crippen LogP contribution in [0.25, 0.3) is 0 Å². The first-order chi connectivity index (χ1) is 18.0. The first-order valence-corrected chi connectivity index (χ1v) is 13.5. The number of aliphatic hydroxyl groups is 1. The molecule has 5 heterocycles. The van der Waals surface area contributed by atoms with E-state index in [1.54, 1.807) is 6.33 Å². The molecule has 2 amide bonds. The lowest BCUT2D eigenvalue weighted by atomic mass is 9.60. The molecule has 0 aromatic carbocycles. The molecule has 0 radical (unpaired) electrons. The van der Waals surface area contributed by atoms with Crippen LogP contribution in [0.4, 0.5) is 18.0 Å². The van der Waals surface area contributed by atoms with E-state index in [9.17, 15) is 23.1 Å². The van der Waals surface area contributed by atoms with Crippen LogP contribution in [0.2, 0.25) is 0 Å². The molecule has 2 aliphatic carbocycles. The molecular formula is C26H32F3N7O2. The van der Waals surface area contributed by atoms with E-state index in [0.29, 0.717) is 24.1 Å². The SMILES string of the molecule is O=C(N1CC2(CCN(Cc3ccc(C(F)(F)F)cn3)CC2)C1)N1CC2(CC(n3cnc(C4(O)CC4)n3)C2)C1. The molecule has 3 saturated heterocycles. The van der Waals surface area contributed by atoms with Crippen molar-refractivity contribution < 1.29 is 23.1 Å². The molecule has 2 aromatic heterocycles. The zero-order chi connectivity index (χ0) is 26.3. The highest BCUT2D eigenvalue weighted by Gasteiger charge is 2.57. The van der Waals surface area contributed by atoms with Crippen LogP contribution >= 0.6 is 0 Å². The van der Waals surface area contributed by atoms with Crippen molar-refractivity contribution in [3.05, 3.63) is 41.7 Å². The van der Waals surface area contributed by atoms with Gasteiger partial charge in [-0.2, -0.15) is 18.3 Å².